The molecular formula is C13H14N2OS. The minimum Gasteiger partial charge on any atom is -0.497 e. The van der Waals surface area contributed by atoms with Crippen LogP contribution in [-0.4, -0.2) is 12.1 Å². The zero-order chi connectivity index (χ0) is 12.1. The van der Waals surface area contributed by atoms with E-state index in [-0.39, 0.29) is 0 Å². The number of anilines is 1. The molecule has 2 rings (SSSR count). The molecule has 0 atom stereocenters. The highest BCUT2D eigenvalue weighted by Crippen LogP contribution is 2.22. The summed E-state index contributed by atoms with van der Waals surface area (Å²) in [4.78, 5) is 4.24. The molecule has 3 nitrogen and oxygen atoms in total. The Morgan fingerprint density at radius 3 is 2.53 bits per heavy atom. The first-order valence-electron chi connectivity index (χ1n) is 5.25. The zero-order valence-electron chi connectivity index (χ0n) is 9.59. The molecule has 0 aliphatic heterocycles. The second-order valence-corrected chi connectivity index (χ2v) is 4.56. The Balaban J connectivity index is 1.95. The minimum absolute atomic E-state index is 0.693. The van der Waals surface area contributed by atoms with Crippen molar-refractivity contribution in [3.05, 3.63) is 48.2 Å². The highest BCUT2D eigenvalue weighted by molar-refractivity contribution is 7.98. The molecule has 2 aromatic rings. The first-order chi connectivity index (χ1) is 8.28. The molecule has 0 unspecified atom stereocenters. The summed E-state index contributed by atoms with van der Waals surface area (Å²) in [6.45, 7) is 0. The van der Waals surface area contributed by atoms with E-state index in [2.05, 4.69) is 17.1 Å². The van der Waals surface area contributed by atoms with Crippen molar-refractivity contribution in [3.63, 3.8) is 0 Å². The van der Waals surface area contributed by atoms with Crippen molar-refractivity contribution in [3.8, 4) is 5.75 Å². The fourth-order valence-corrected chi connectivity index (χ4v) is 2.15. The van der Waals surface area contributed by atoms with Gasteiger partial charge in [0.25, 0.3) is 0 Å². The summed E-state index contributed by atoms with van der Waals surface area (Å²) in [6, 6.07) is 11.8. The van der Waals surface area contributed by atoms with Gasteiger partial charge in [0.15, 0.2) is 0 Å². The van der Waals surface area contributed by atoms with E-state index in [1.165, 1.54) is 5.56 Å². The molecule has 0 aliphatic carbocycles. The van der Waals surface area contributed by atoms with E-state index >= 15 is 0 Å². The van der Waals surface area contributed by atoms with Crippen molar-refractivity contribution in [2.75, 3.05) is 12.8 Å². The number of nitrogens with two attached hydrogens (primary N) is 1. The second-order valence-electron chi connectivity index (χ2n) is 3.57. The molecule has 0 bridgehead atoms. The van der Waals surface area contributed by atoms with E-state index in [0.717, 1.165) is 16.5 Å². The number of benzene rings is 1. The lowest BCUT2D eigenvalue weighted by Gasteiger charge is -2.03. The van der Waals surface area contributed by atoms with Crippen LogP contribution in [0.2, 0.25) is 0 Å². The fraction of sp³-hybridized carbons (Fsp3) is 0.154. The van der Waals surface area contributed by atoms with Gasteiger partial charge >= 0.3 is 0 Å². The Hall–Kier alpha value is -1.68. The van der Waals surface area contributed by atoms with E-state index in [1.54, 1.807) is 25.1 Å². The van der Waals surface area contributed by atoms with Gasteiger partial charge in [0.1, 0.15) is 5.75 Å². The van der Waals surface area contributed by atoms with E-state index in [9.17, 15) is 0 Å². The van der Waals surface area contributed by atoms with Gasteiger partial charge in [-0.1, -0.05) is 12.1 Å². The van der Waals surface area contributed by atoms with Gasteiger partial charge in [0.05, 0.1) is 24.0 Å². The third-order valence-corrected chi connectivity index (χ3v) is 3.32. The zero-order valence-corrected chi connectivity index (χ0v) is 10.4. The van der Waals surface area contributed by atoms with E-state index < -0.39 is 0 Å². The predicted molar refractivity (Wildman–Crippen MR) is 71.2 cm³/mol. The molecule has 1 heterocycles. The van der Waals surface area contributed by atoms with Crippen LogP contribution >= 0.6 is 11.8 Å². The number of nitrogen functional groups attached to an aromatic ring is 1. The average Bonchev–Trinajstić information content (AvgIpc) is 2.39. The van der Waals surface area contributed by atoms with Crippen molar-refractivity contribution in [1.29, 1.82) is 0 Å². The third kappa shape index (κ3) is 3.39. The summed E-state index contributed by atoms with van der Waals surface area (Å²) >= 11 is 1.69. The highest BCUT2D eigenvalue weighted by Gasteiger charge is 1.98. The van der Waals surface area contributed by atoms with Crippen LogP contribution in [0.4, 0.5) is 5.69 Å². The summed E-state index contributed by atoms with van der Waals surface area (Å²) < 4.78 is 5.11. The number of aromatic nitrogens is 1. The maximum atomic E-state index is 5.58. The van der Waals surface area contributed by atoms with E-state index in [4.69, 9.17) is 10.5 Å². The lowest BCUT2D eigenvalue weighted by atomic mass is 10.2. The number of thioether (sulfide) groups is 1. The molecule has 0 amide bonds. The van der Waals surface area contributed by atoms with Crippen LogP contribution in [0.25, 0.3) is 0 Å². The summed E-state index contributed by atoms with van der Waals surface area (Å²) in [6.07, 6.45) is 1.68. The van der Waals surface area contributed by atoms with Crippen LogP contribution in [0.5, 0.6) is 5.75 Å². The average molecular weight is 246 g/mol. The molecule has 0 aliphatic rings. The molecule has 1 aromatic heterocycles. The Morgan fingerprint density at radius 1 is 1.18 bits per heavy atom. The number of pyridine rings is 1. The van der Waals surface area contributed by atoms with Gasteiger partial charge in [0.2, 0.25) is 0 Å². The maximum Gasteiger partial charge on any atom is 0.118 e. The molecule has 0 radical (unpaired) electrons. The van der Waals surface area contributed by atoms with Gasteiger partial charge in [-0.3, -0.25) is 0 Å². The van der Waals surface area contributed by atoms with Crippen LogP contribution in [0, 0.1) is 0 Å². The van der Waals surface area contributed by atoms with Crippen LogP contribution in [0.3, 0.4) is 0 Å². The van der Waals surface area contributed by atoms with Crippen LogP contribution in [-0.2, 0) is 5.75 Å². The summed E-state index contributed by atoms with van der Waals surface area (Å²) in [7, 11) is 1.67. The van der Waals surface area contributed by atoms with Gasteiger partial charge in [0, 0.05) is 5.75 Å². The van der Waals surface area contributed by atoms with Gasteiger partial charge in [-0.2, -0.15) is 0 Å². The first-order valence-corrected chi connectivity index (χ1v) is 6.24. The molecule has 0 fully saturated rings. The molecular weight excluding hydrogens is 232 g/mol. The van der Waals surface area contributed by atoms with Gasteiger partial charge in [-0.15, -0.1) is 11.8 Å². The molecule has 17 heavy (non-hydrogen) atoms. The molecule has 0 spiro atoms. The van der Waals surface area contributed by atoms with Crippen molar-refractivity contribution in [2.24, 2.45) is 0 Å². The smallest absolute Gasteiger partial charge is 0.118 e. The monoisotopic (exact) mass is 246 g/mol. The summed E-state index contributed by atoms with van der Waals surface area (Å²) in [5.74, 6) is 1.77. The standard InChI is InChI=1S/C13H14N2OS/c1-16-12-5-2-10(3-6-12)9-17-13-7-4-11(14)8-15-13/h2-8H,9,14H2,1H3. The number of nitrogens with zero attached hydrogens (tertiary/aromatic N) is 1. The number of ether oxygens (including phenoxy) is 1. The molecule has 0 saturated heterocycles. The first kappa shape index (κ1) is 11.8. The van der Waals surface area contributed by atoms with Crippen molar-refractivity contribution < 1.29 is 4.74 Å². The lowest BCUT2D eigenvalue weighted by Crippen LogP contribution is -1.88. The highest BCUT2D eigenvalue weighted by atomic mass is 32.2. The lowest BCUT2D eigenvalue weighted by molar-refractivity contribution is 0.414. The summed E-state index contributed by atoms with van der Waals surface area (Å²) in [5, 5.41) is 0.981. The topological polar surface area (TPSA) is 48.1 Å². The van der Waals surface area contributed by atoms with Crippen molar-refractivity contribution in [1.82, 2.24) is 4.98 Å². The maximum absolute atomic E-state index is 5.58. The van der Waals surface area contributed by atoms with Crippen molar-refractivity contribution in [2.45, 2.75) is 10.8 Å². The SMILES string of the molecule is COc1ccc(CSc2ccc(N)cn2)cc1. The Kier molecular flexibility index (Phi) is 3.88. The molecule has 0 saturated carbocycles. The Bertz CT molecular complexity index is 468. The fourth-order valence-electron chi connectivity index (χ4n) is 1.36. The number of hydrogen-bond acceptors (Lipinski definition) is 4. The predicted octanol–water partition coefficient (Wildman–Crippen LogP) is 2.96. The molecule has 88 valence electrons. The van der Waals surface area contributed by atoms with Gasteiger partial charge in [-0.05, 0) is 29.8 Å². The number of rotatable bonds is 4. The Morgan fingerprint density at radius 2 is 1.94 bits per heavy atom. The van der Waals surface area contributed by atoms with Crippen LogP contribution in [0.1, 0.15) is 5.56 Å². The number of hydrogen-bond donors (Lipinski definition) is 1. The van der Waals surface area contributed by atoms with E-state index in [0.29, 0.717) is 5.69 Å². The number of methoxy groups -OCH3 is 1. The normalized spacial score (nSPS) is 10.2. The van der Waals surface area contributed by atoms with Crippen LogP contribution < -0.4 is 10.5 Å². The second kappa shape index (κ2) is 5.59. The Labute approximate surface area is 105 Å². The van der Waals surface area contributed by atoms with Gasteiger partial charge in [-0.25, -0.2) is 4.98 Å². The van der Waals surface area contributed by atoms with Crippen LogP contribution in [0.15, 0.2) is 47.6 Å². The van der Waals surface area contributed by atoms with E-state index in [1.807, 2.05) is 24.3 Å². The molecule has 1 aromatic carbocycles. The van der Waals surface area contributed by atoms with Crippen molar-refractivity contribution >= 4 is 17.4 Å². The largest absolute Gasteiger partial charge is 0.497 e. The third-order valence-electron chi connectivity index (χ3n) is 2.30. The quantitative estimate of drug-likeness (QED) is 0.843. The molecule has 2 N–H and O–H groups in total. The minimum atomic E-state index is 0.693. The molecule has 4 heteroatoms. The summed E-state index contributed by atoms with van der Waals surface area (Å²) in [5.41, 5.74) is 7.52. The van der Waals surface area contributed by atoms with Gasteiger partial charge < -0.3 is 10.5 Å².